The van der Waals surface area contributed by atoms with Crippen LogP contribution < -0.4 is 5.73 Å². The van der Waals surface area contributed by atoms with Crippen LogP contribution in [0.15, 0.2) is 28.7 Å². The van der Waals surface area contributed by atoms with Crippen molar-refractivity contribution >= 4 is 22.6 Å². The van der Waals surface area contributed by atoms with Gasteiger partial charge < -0.3 is 14.9 Å². The molecule has 0 aliphatic carbocycles. The third-order valence-electron chi connectivity index (χ3n) is 2.08. The standard InChI is InChI=1S/C11H9F2NO3/c12-10(13)5-16-11(15)9-4-6-3-7(14)1-2-8(6)17-9/h1-4,10H,5,14H2. The number of fused-ring (bicyclic) bond motifs is 1. The summed E-state index contributed by atoms with van der Waals surface area (Å²) in [5.41, 5.74) is 6.52. The van der Waals surface area contributed by atoms with Crippen molar-refractivity contribution in [2.24, 2.45) is 0 Å². The van der Waals surface area contributed by atoms with Crippen molar-refractivity contribution in [3.8, 4) is 0 Å². The van der Waals surface area contributed by atoms with E-state index in [-0.39, 0.29) is 5.76 Å². The van der Waals surface area contributed by atoms with E-state index in [1.165, 1.54) is 6.07 Å². The zero-order valence-electron chi connectivity index (χ0n) is 8.65. The molecule has 17 heavy (non-hydrogen) atoms. The highest BCUT2D eigenvalue weighted by atomic mass is 19.3. The molecule has 0 saturated heterocycles. The number of anilines is 1. The maximum Gasteiger partial charge on any atom is 0.374 e. The Balaban J connectivity index is 2.21. The van der Waals surface area contributed by atoms with E-state index < -0.39 is 19.0 Å². The van der Waals surface area contributed by atoms with Crippen LogP contribution in [-0.2, 0) is 4.74 Å². The van der Waals surface area contributed by atoms with Gasteiger partial charge in [-0.1, -0.05) is 0 Å². The van der Waals surface area contributed by atoms with E-state index in [9.17, 15) is 13.6 Å². The fourth-order valence-corrected chi connectivity index (χ4v) is 1.37. The van der Waals surface area contributed by atoms with E-state index in [1.54, 1.807) is 18.2 Å². The first kappa shape index (κ1) is 11.4. The number of carbonyl (C=O) groups excluding carboxylic acids is 1. The molecule has 2 rings (SSSR count). The Kier molecular flexibility index (Phi) is 2.95. The topological polar surface area (TPSA) is 65.5 Å². The molecule has 2 N–H and O–H groups in total. The van der Waals surface area contributed by atoms with Crippen molar-refractivity contribution in [1.82, 2.24) is 0 Å². The Bertz CT molecular complexity index is 551. The lowest BCUT2D eigenvalue weighted by Crippen LogP contribution is -2.10. The number of hydrogen-bond donors (Lipinski definition) is 1. The molecule has 0 aliphatic rings. The molecule has 4 nitrogen and oxygen atoms in total. The van der Waals surface area contributed by atoms with Crippen molar-refractivity contribution in [2.45, 2.75) is 6.43 Å². The first-order valence-electron chi connectivity index (χ1n) is 4.80. The Morgan fingerprint density at radius 2 is 2.18 bits per heavy atom. The van der Waals surface area contributed by atoms with Gasteiger partial charge in [-0.3, -0.25) is 0 Å². The molecule has 90 valence electrons. The molecule has 0 fully saturated rings. The van der Waals surface area contributed by atoms with Gasteiger partial charge in [0.25, 0.3) is 6.43 Å². The summed E-state index contributed by atoms with van der Waals surface area (Å²) < 4.78 is 33.2. The lowest BCUT2D eigenvalue weighted by atomic mass is 10.2. The molecule has 0 aliphatic heterocycles. The van der Waals surface area contributed by atoms with Gasteiger partial charge in [-0.2, -0.15) is 0 Å². The quantitative estimate of drug-likeness (QED) is 0.662. The highest BCUT2D eigenvalue weighted by Gasteiger charge is 2.15. The molecule has 1 aromatic carbocycles. The number of nitrogen functional groups attached to an aromatic ring is 1. The highest BCUT2D eigenvalue weighted by molar-refractivity contribution is 5.93. The van der Waals surface area contributed by atoms with Crippen molar-refractivity contribution in [3.05, 3.63) is 30.0 Å². The summed E-state index contributed by atoms with van der Waals surface area (Å²) in [6.45, 7) is -0.946. The second-order valence-electron chi connectivity index (χ2n) is 3.40. The molecule has 2 aromatic rings. The molecule has 6 heteroatoms. The Morgan fingerprint density at radius 1 is 1.41 bits per heavy atom. The number of nitrogens with two attached hydrogens (primary N) is 1. The molecule has 0 bridgehead atoms. The first-order chi connectivity index (χ1) is 8.06. The van der Waals surface area contributed by atoms with E-state index in [2.05, 4.69) is 4.74 Å². The largest absolute Gasteiger partial charge is 0.454 e. The Morgan fingerprint density at radius 3 is 2.88 bits per heavy atom. The number of halogens is 2. The summed E-state index contributed by atoms with van der Waals surface area (Å²) in [5, 5.41) is 0.619. The van der Waals surface area contributed by atoms with Gasteiger partial charge in [-0.05, 0) is 24.3 Å². The number of ether oxygens (including phenoxy) is 1. The number of rotatable bonds is 3. The molecule has 0 unspecified atom stereocenters. The monoisotopic (exact) mass is 241 g/mol. The fraction of sp³-hybridized carbons (Fsp3) is 0.182. The maximum atomic E-state index is 11.8. The Hall–Kier alpha value is -2.11. The van der Waals surface area contributed by atoms with Crippen LogP contribution >= 0.6 is 0 Å². The number of carbonyl (C=O) groups is 1. The van der Waals surface area contributed by atoms with Gasteiger partial charge in [0.1, 0.15) is 5.58 Å². The number of alkyl halides is 2. The van der Waals surface area contributed by atoms with E-state index in [0.29, 0.717) is 16.7 Å². The predicted octanol–water partition coefficient (Wildman–Crippen LogP) is 2.44. The summed E-state index contributed by atoms with van der Waals surface area (Å²) in [4.78, 5) is 11.3. The highest BCUT2D eigenvalue weighted by Crippen LogP contribution is 2.22. The van der Waals surface area contributed by atoms with E-state index in [1.807, 2.05) is 0 Å². The molecule has 0 atom stereocenters. The molecule has 1 aromatic heterocycles. The van der Waals surface area contributed by atoms with Crippen LogP contribution in [0.2, 0.25) is 0 Å². The average molecular weight is 241 g/mol. The van der Waals surface area contributed by atoms with Gasteiger partial charge in [0, 0.05) is 11.1 Å². The van der Waals surface area contributed by atoms with Crippen LogP contribution in [0, 0.1) is 0 Å². The van der Waals surface area contributed by atoms with Gasteiger partial charge in [0.15, 0.2) is 6.61 Å². The number of esters is 1. The minimum absolute atomic E-state index is 0.119. The van der Waals surface area contributed by atoms with Crippen LogP contribution in [0.5, 0.6) is 0 Å². The van der Waals surface area contributed by atoms with Crippen LogP contribution in [-0.4, -0.2) is 19.0 Å². The zero-order chi connectivity index (χ0) is 12.4. The van der Waals surface area contributed by atoms with Gasteiger partial charge in [-0.25, -0.2) is 13.6 Å². The van der Waals surface area contributed by atoms with Crippen LogP contribution in [0.1, 0.15) is 10.6 Å². The average Bonchev–Trinajstić information content (AvgIpc) is 2.68. The van der Waals surface area contributed by atoms with Crippen molar-refractivity contribution < 1.29 is 22.7 Å². The summed E-state index contributed by atoms with van der Waals surface area (Å²) in [5.74, 6) is -1.04. The lowest BCUT2D eigenvalue weighted by Gasteiger charge is -2.00. The minimum Gasteiger partial charge on any atom is -0.454 e. The summed E-state index contributed by atoms with van der Waals surface area (Å²) in [6, 6.07) is 6.22. The smallest absolute Gasteiger partial charge is 0.374 e. The molecule has 0 spiro atoms. The molecule has 0 amide bonds. The summed E-state index contributed by atoms with van der Waals surface area (Å²) >= 11 is 0. The molecule has 1 heterocycles. The predicted molar refractivity (Wildman–Crippen MR) is 56.9 cm³/mol. The van der Waals surface area contributed by atoms with Crippen LogP contribution in [0.25, 0.3) is 11.0 Å². The molecular weight excluding hydrogens is 232 g/mol. The molecule has 0 radical (unpaired) electrons. The number of benzene rings is 1. The zero-order valence-corrected chi connectivity index (χ0v) is 8.65. The Labute approximate surface area is 94.9 Å². The van der Waals surface area contributed by atoms with Gasteiger partial charge in [0.05, 0.1) is 0 Å². The van der Waals surface area contributed by atoms with Crippen molar-refractivity contribution in [2.75, 3.05) is 12.3 Å². The molecular formula is C11H9F2NO3. The van der Waals surface area contributed by atoms with Crippen molar-refractivity contribution in [3.63, 3.8) is 0 Å². The normalized spacial score (nSPS) is 11.0. The van der Waals surface area contributed by atoms with Gasteiger partial charge in [-0.15, -0.1) is 0 Å². The van der Waals surface area contributed by atoms with E-state index >= 15 is 0 Å². The SMILES string of the molecule is Nc1ccc2oc(C(=O)OCC(F)F)cc2c1. The lowest BCUT2D eigenvalue weighted by molar-refractivity contribution is 0.0135. The third kappa shape index (κ3) is 2.52. The second kappa shape index (κ2) is 4.40. The summed E-state index contributed by atoms with van der Waals surface area (Å²) in [6.07, 6.45) is -2.70. The van der Waals surface area contributed by atoms with Gasteiger partial charge in [0.2, 0.25) is 5.76 Å². The third-order valence-corrected chi connectivity index (χ3v) is 2.08. The van der Waals surface area contributed by atoms with E-state index in [0.717, 1.165) is 0 Å². The van der Waals surface area contributed by atoms with Crippen LogP contribution in [0.4, 0.5) is 14.5 Å². The first-order valence-corrected chi connectivity index (χ1v) is 4.80. The van der Waals surface area contributed by atoms with E-state index in [4.69, 9.17) is 10.2 Å². The molecule has 0 saturated carbocycles. The van der Waals surface area contributed by atoms with Gasteiger partial charge >= 0.3 is 5.97 Å². The second-order valence-corrected chi connectivity index (χ2v) is 3.40. The van der Waals surface area contributed by atoms with Crippen LogP contribution in [0.3, 0.4) is 0 Å². The number of hydrogen-bond acceptors (Lipinski definition) is 4. The number of furan rings is 1. The maximum absolute atomic E-state index is 11.8. The minimum atomic E-state index is -2.70. The fourth-order valence-electron chi connectivity index (χ4n) is 1.37. The summed E-state index contributed by atoms with van der Waals surface area (Å²) in [7, 11) is 0. The van der Waals surface area contributed by atoms with Crippen molar-refractivity contribution in [1.29, 1.82) is 0 Å².